The van der Waals surface area contributed by atoms with Gasteiger partial charge in [-0.1, -0.05) is 19.1 Å². The van der Waals surface area contributed by atoms with E-state index in [2.05, 4.69) is 22.4 Å². The number of rotatable bonds is 5. The second-order valence-electron chi connectivity index (χ2n) is 5.06. The van der Waals surface area contributed by atoms with Gasteiger partial charge in [-0.25, -0.2) is 0 Å². The fourth-order valence-corrected chi connectivity index (χ4v) is 3.01. The monoisotopic (exact) mass is 302 g/mol. The first-order chi connectivity index (χ1) is 10.2. The fraction of sp³-hybridized carbons (Fsp3) is 0.333. The van der Waals surface area contributed by atoms with Crippen LogP contribution in [0.3, 0.4) is 0 Å². The highest BCUT2D eigenvalue weighted by molar-refractivity contribution is 7.99. The lowest BCUT2D eigenvalue weighted by Crippen LogP contribution is -2.15. The lowest BCUT2D eigenvalue weighted by molar-refractivity contribution is 0.102. The van der Waals surface area contributed by atoms with Crippen molar-refractivity contribution in [3.05, 3.63) is 35.7 Å². The van der Waals surface area contributed by atoms with Crippen LogP contribution in [0.4, 0.5) is 11.4 Å². The molecule has 4 N–H and O–H groups in total. The number of aromatic nitrogens is 2. The van der Waals surface area contributed by atoms with Crippen molar-refractivity contribution in [1.29, 1.82) is 0 Å². The maximum Gasteiger partial charge on any atom is 0.278 e. The van der Waals surface area contributed by atoms with Crippen LogP contribution < -0.4 is 11.1 Å². The molecule has 1 heterocycles. The number of aromatic amines is 1. The molecule has 3 rings (SSSR count). The second kappa shape index (κ2) is 5.81. The van der Waals surface area contributed by atoms with E-state index in [1.54, 1.807) is 11.8 Å². The van der Waals surface area contributed by atoms with E-state index in [9.17, 15) is 4.79 Å². The predicted octanol–water partition coefficient (Wildman–Crippen LogP) is 3.23. The van der Waals surface area contributed by atoms with E-state index in [1.807, 2.05) is 24.3 Å². The van der Waals surface area contributed by atoms with Crippen molar-refractivity contribution in [2.75, 3.05) is 16.8 Å². The molecular weight excluding hydrogens is 284 g/mol. The van der Waals surface area contributed by atoms with Gasteiger partial charge in [0.15, 0.2) is 5.69 Å². The molecule has 1 aliphatic carbocycles. The van der Waals surface area contributed by atoms with Crippen LogP contribution in [0.2, 0.25) is 0 Å². The van der Waals surface area contributed by atoms with Crippen LogP contribution in [-0.2, 0) is 0 Å². The van der Waals surface area contributed by atoms with Crippen molar-refractivity contribution in [2.24, 2.45) is 0 Å². The van der Waals surface area contributed by atoms with E-state index < -0.39 is 0 Å². The summed E-state index contributed by atoms with van der Waals surface area (Å²) in [6.45, 7) is 2.08. The van der Waals surface area contributed by atoms with Crippen molar-refractivity contribution in [1.82, 2.24) is 10.2 Å². The molecule has 0 unspecified atom stereocenters. The number of anilines is 2. The molecule has 1 amide bonds. The first-order valence-electron chi connectivity index (χ1n) is 7.07. The van der Waals surface area contributed by atoms with Crippen molar-refractivity contribution in [3.63, 3.8) is 0 Å². The van der Waals surface area contributed by atoms with E-state index >= 15 is 0 Å². The van der Waals surface area contributed by atoms with E-state index in [0.717, 1.165) is 34.9 Å². The summed E-state index contributed by atoms with van der Waals surface area (Å²) >= 11 is 1.69. The minimum Gasteiger partial charge on any atom is -0.395 e. The van der Waals surface area contributed by atoms with Gasteiger partial charge in [0.05, 0.1) is 17.1 Å². The summed E-state index contributed by atoms with van der Waals surface area (Å²) in [7, 11) is 0. The van der Waals surface area contributed by atoms with Gasteiger partial charge in [0.1, 0.15) is 0 Å². The number of para-hydroxylation sites is 1. The molecule has 110 valence electrons. The van der Waals surface area contributed by atoms with Gasteiger partial charge in [-0.15, -0.1) is 11.8 Å². The molecule has 6 heteroatoms. The average molecular weight is 302 g/mol. The molecule has 0 aliphatic heterocycles. The van der Waals surface area contributed by atoms with Gasteiger partial charge >= 0.3 is 0 Å². The SMILES string of the molecule is CCSc1ccccc1NC(=O)c1n[nH]c(C2CC2)c1N. The molecule has 0 spiro atoms. The zero-order valence-electron chi connectivity index (χ0n) is 11.8. The summed E-state index contributed by atoms with van der Waals surface area (Å²) in [6.07, 6.45) is 2.23. The van der Waals surface area contributed by atoms with Crippen LogP contribution in [0.25, 0.3) is 0 Å². The van der Waals surface area contributed by atoms with E-state index in [-0.39, 0.29) is 11.6 Å². The summed E-state index contributed by atoms with van der Waals surface area (Å²) in [5, 5.41) is 9.88. The Kier molecular flexibility index (Phi) is 3.88. The Hall–Kier alpha value is -1.95. The van der Waals surface area contributed by atoms with Crippen LogP contribution in [0.5, 0.6) is 0 Å². The Balaban J connectivity index is 1.80. The lowest BCUT2D eigenvalue weighted by Gasteiger charge is -2.09. The molecule has 1 fully saturated rings. The minimum atomic E-state index is -0.264. The molecular formula is C15H18N4OS. The molecule has 21 heavy (non-hydrogen) atoms. The second-order valence-corrected chi connectivity index (χ2v) is 6.36. The normalized spacial score (nSPS) is 14.1. The minimum absolute atomic E-state index is 0.264. The summed E-state index contributed by atoms with van der Waals surface area (Å²) in [4.78, 5) is 13.4. The molecule has 1 aliphatic rings. The number of nitrogens with zero attached hydrogens (tertiary/aromatic N) is 1. The molecule has 0 saturated heterocycles. The van der Waals surface area contributed by atoms with Crippen molar-refractivity contribution in [3.8, 4) is 0 Å². The number of nitrogens with one attached hydrogen (secondary N) is 2. The Morgan fingerprint density at radius 1 is 1.48 bits per heavy atom. The number of nitrogens with two attached hydrogens (primary N) is 1. The molecule has 1 aromatic heterocycles. The summed E-state index contributed by atoms with van der Waals surface area (Å²) in [5.74, 6) is 1.13. The third-order valence-corrected chi connectivity index (χ3v) is 4.42. The van der Waals surface area contributed by atoms with Gasteiger partial charge in [0.2, 0.25) is 0 Å². The number of carbonyl (C=O) groups is 1. The van der Waals surface area contributed by atoms with Crippen LogP contribution in [0.15, 0.2) is 29.2 Å². The highest BCUT2D eigenvalue weighted by Crippen LogP contribution is 2.42. The average Bonchev–Trinajstić information content (AvgIpc) is 3.24. The van der Waals surface area contributed by atoms with Crippen molar-refractivity contribution >= 4 is 29.0 Å². The first kappa shape index (κ1) is 14.0. The topological polar surface area (TPSA) is 83.8 Å². The number of hydrogen-bond donors (Lipinski definition) is 3. The van der Waals surface area contributed by atoms with Gasteiger partial charge in [0.25, 0.3) is 5.91 Å². The molecule has 0 radical (unpaired) electrons. The molecule has 0 bridgehead atoms. The van der Waals surface area contributed by atoms with Crippen LogP contribution >= 0.6 is 11.8 Å². The zero-order chi connectivity index (χ0) is 14.8. The highest BCUT2D eigenvalue weighted by atomic mass is 32.2. The van der Waals surface area contributed by atoms with Crippen LogP contribution in [-0.4, -0.2) is 21.9 Å². The van der Waals surface area contributed by atoms with E-state index in [4.69, 9.17) is 5.73 Å². The Morgan fingerprint density at radius 2 is 2.24 bits per heavy atom. The molecule has 5 nitrogen and oxygen atoms in total. The standard InChI is InChI=1S/C15H18N4OS/c1-2-21-11-6-4-3-5-10(11)17-15(20)14-12(16)13(18-19-14)9-7-8-9/h3-6,9H,2,7-8,16H2,1H3,(H,17,20)(H,18,19). The van der Waals surface area contributed by atoms with Gasteiger partial charge in [-0.05, 0) is 30.7 Å². The smallest absolute Gasteiger partial charge is 0.278 e. The van der Waals surface area contributed by atoms with Gasteiger partial charge in [0, 0.05) is 10.8 Å². The number of nitrogen functional groups attached to an aromatic ring is 1. The quantitative estimate of drug-likeness (QED) is 0.740. The van der Waals surface area contributed by atoms with Gasteiger partial charge in [-0.3, -0.25) is 9.89 Å². The number of thioether (sulfide) groups is 1. The summed E-state index contributed by atoms with van der Waals surface area (Å²) in [5.41, 5.74) is 8.50. The lowest BCUT2D eigenvalue weighted by atomic mass is 10.2. The van der Waals surface area contributed by atoms with Gasteiger partial charge in [-0.2, -0.15) is 5.10 Å². The number of benzene rings is 1. The zero-order valence-corrected chi connectivity index (χ0v) is 12.7. The predicted molar refractivity (Wildman–Crippen MR) is 85.8 cm³/mol. The van der Waals surface area contributed by atoms with Gasteiger partial charge < -0.3 is 11.1 Å². The Labute approximate surface area is 127 Å². The van der Waals surface area contributed by atoms with Crippen LogP contribution in [0.1, 0.15) is 41.9 Å². The molecule has 0 atom stereocenters. The fourth-order valence-electron chi connectivity index (χ4n) is 2.25. The third kappa shape index (κ3) is 2.90. The Bertz CT molecular complexity index is 663. The van der Waals surface area contributed by atoms with Crippen LogP contribution in [0, 0.1) is 0 Å². The molecule has 1 aromatic carbocycles. The maximum absolute atomic E-state index is 12.4. The van der Waals surface area contributed by atoms with E-state index in [0.29, 0.717) is 11.6 Å². The number of carbonyl (C=O) groups excluding carboxylic acids is 1. The summed E-state index contributed by atoms with van der Waals surface area (Å²) < 4.78 is 0. The first-order valence-corrected chi connectivity index (χ1v) is 8.06. The summed E-state index contributed by atoms with van der Waals surface area (Å²) in [6, 6.07) is 7.74. The maximum atomic E-state index is 12.4. The Morgan fingerprint density at radius 3 is 2.95 bits per heavy atom. The number of amides is 1. The highest BCUT2D eigenvalue weighted by Gasteiger charge is 2.30. The van der Waals surface area contributed by atoms with Crippen molar-refractivity contribution < 1.29 is 4.79 Å². The number of H-pyrrole nitrogens is 1. The largest absolute Gasteiger partial charge is 0.395 e. The third-order valence-electron chi connectivity index (χ3n) is 3.47. The van der Waals surface area contributed by atoms with Crippen molar-refractivity contribution in [2.45, 2.75) is 30.6 Å². The molecule has 1 saturated carbocycles. The number of hydrogen-bond acceptors (Lipinski definition) is 4. The molecule has 2 aromatic rings. The van der Waals surface area contributed by atoms with E-state index in [1.165, 1.54) is 0 Å².